The molecule has 1 aliphatic heterocycles. The molecule has 1 heterocycles. The second-order valence-electron chi connectivity index (χ2n) is 4.17. The highest BCUT2D eigenvalue weighted by Gasteiger charge is 2.43. The van der Waals surface area contributed by atoms with Crippen molar-refractivity contribution < 1.29 is 4.74 Å². The Balaban J connectivity index is 2.27. The summed E-state index contributed by atoms with van der Waals surface area (Å²) >= 11 is 1.76. The zero-order chi connectivity index (χ0) is 10.9. The number of hydrogen-bond acceptors (Lipinski definition) is 3. The van der Waals surface area contributed by atoms with E-state index in [0.29, 0.717) is 0 Å². The molecule has 1 aromatic carbocycles. The van der Waals surface area contributed by atoms with Crippen molar-refractivity contribution in [1.29, 1.82) is 0 Å². The highest BCUT2D eigenvalue weighted by molar-refractivity contribution is 7.98. The molecule has 3 heteroatoms. The average molecular weight is 223 g/mol. The summed E-state index contributed by atoms with van der Waals surface area (Å²) in [5, 5.41) is 0. The first-order valence-corrected chi connectivity index (χ1v) is 6.39. The van der Waals surface area contributed by atoms with E-state index < -0.39 is 0 Å². The molecule has 15 heavy (non-hydrogen) atoms. The van der Waals surface area contributed by atoms with Crippen molar-refractivity contribution >= 4 is 11.8 Å². The van der Waals surface area contributed by atoms with Gasteiger partial charge in [0.15, 0.2) is 0 Å². The molecule has 1 aromatic rings. The summed E-state index contributed by atoms with van der Waals surface area (Å²) in [5.41, 5.74) is 7.41. The molecule has 0 saturated carbocycles. The Bertz CT molecular complexity index is 330. The van der Waals surface area contributed by atoms with E-state index in [1.807, 2.05) is 0 Å². The SMILES string of the molecule is CSc1ccc(C2(C(C)N)COC2)cc1. The lowest BCUT2D eigenvalue weighted by Gasteiger charge is -2.45. The molecule has 0 bridgehead atoms. The summed E-state index contributed by atoms with van der Waals surface area (Å²) in [6, 6.07) is 8.81. The van der Waals surface area contributed by atoms with Crippen LogP contribution < -0.4 is 5.73 Å². The lowest BCUT2D eigenvalue weighted by Crippen LogP contribution is -2.57. The first-order valence-electron chi connectivity index (χ1n) is 5.17. The molecule has 0 aromatic heterocycles. The molecular formula is C12H17NOS. The van der Waals surface area contributed by atoms with Gasteiger partial charge in [-0.1, -0.05) is 12.1 Å². The Morgan fingerprint density at radius 1 is 1.33 bits per heavy atom. The highest BCUT2D eigenvalue weighted by atomic mass is 32.2. The molecule has 1 aliphatic rings. The van der Waals surface area contributed by atoms with E-state index in [0.717, 1.165) is 13.2 Å². The van der Waals surface area contributed by atoms with Crippen molar-refractivity contribution in [1.82, 2.24) is 0 Å². The Kier molecular flexibility index (Phi) is 3.05. The quantitative estimate of drug-likeness (QED) is 0.796. The fourth-order valence-electron chi connectivity index (χ4n) is 1.94. The van der Waals surface area contributed by atoms with Gasteiger partial charge in [-0.15, -0.1) is 11.8 Å². The number of hydrogen-bond donors (Lipinski definition) is 1. The number of thioether (sulfide) groups is 1. The zero-order valence-electron chi connectivity index (χ0n) is 9.19. The third kappa shape index (κ3) is 1.80. The molecule has 1 atom stereocenters. The van der Waals surface area contributed by atoms with E-state index in [1.54, 1.807) is 11.8 Å². The van der Waals surface area contributed by atoms with Gasteiger partial charge in [-0.25, -0.2) is 0 Å². The predicted octanol–water partition coefficient (Wildman–Crippen LogP) is 2.02. The minimum atomic E-state index is 0.0525. The van der Waals surface area contributed by atoms with Crippen LogP contribution in [0.1, 0.15) is 12.5 Å². The van der Waals surface area contributed by atoms with E-state index in [4.69, 9.17) is 10.5 Å². The third-order valence-corrected chi connectivity index (χ3v) is 4.00. The summed E-state index contributed by atoms with van der Waals surface area (Å²) in [6.07, 6.45) is 2.09. The van der Waals surface area contributed by atoms with Gasteiger partial charge < -0.3 is 10.5 Å². The molecule has 0 radical (unpaired) electrons. The first-order chi connectivity index (χ1) is 7.19. The van der Waals surface area contributed by atoms with Crippen molar-refractivity contribution in [3.8, 4) is 0 Å². The molecule has 82 valence electrons. The van der Waals surface area contributed by atoms with Gasteiger partial charge >= 0.3 is 0 Å². The second-order valence-corrected chi connectivity index (χ2v) is 5.05. The lowest BCUT2D eigenvalue weighted by molar-refractivity contribution is -0.0701. The van der Waals surface area contributed by atoms with Crippen LogP contribution in [0.25, 0.3) is 0 Å². The van der Waals surface area contributed by atoms with Gasteiger partial charge in [-0.2, -0.15) is 0 Å². The fourth-order valence-corrected chi connectivity index (χ4v) is 2.35. The van der Waals surface area contributed by atoms with Crippen LogP contribution in [0.4, 0.5) is 0 Å². The summed E-state index contributed by atoms with van der Waals surface area (Å²) < 4.78 is 5.33. The normalized spacial score (nSPS) is 20.7. The van der Waals surface area contributed by atoms with E-state index in [2.05, 4.69) is 37.4 Å². The van der Waals surface area contributed by atoms with Crippen LogP contribution in [0.3, 0.4) is 0 Å². The Hall–Kier alpha value is -0.510. The Morgan fingerprint density at radius 3 is 2.27 bits per heavy atom. The van der Waals surface area contributed by atoms with Crippen LogP contribution in [0, 0.1) is 0 Å². The fraction of sp³-hybridized carbons (Fsp3) is 0.500. The summed E-state index contributed by atoms with van der Waals surface area (Å²) in [4.78, 5) is 1.29. The van der Waals surface area contributed by atoms with Gasteiger partial charge in [0, 0.05) is 10.9 Å². The maximum atomic E-state index is 6.05. The van der Waals surface area contributed by atoms with Gasteiger partial charge in [0.2, 0.25) is 0 Å². The number of nitrogens with two attached hydrogens (primary N) is 1. The van der Waals surface area contributed by atoms with Crippen LogP contribution in [0.2, 0.25) is 0 Å². The van der Waals surface area contributed by atoms with Crippen LogP contribution in [-0.2, 0) is 10.2 Å². The Labute approximate surface area is 95.2 Å². The maximum Gasteiger partial charge on any atom is 0.0600 e. The highest BCUT2D eigenvalue weighted by Crippen LogP contribution is 2.35. The monoisotopic (exact) mass is 223 g/mol. The number of benzene rings is 1. The molecule has 1 saturated heterocycles. The minimum Gasteiger partial charge on any atom is -0.379 e. The number of rotatable bonds is 3. The standard InChI is InChI=1S/C12H17NOS/c1-9(13)12(7-14-8-12)10-3-5-11(15-2)6-4-10/h3-6,9H,7-8,13H2,1-2H3. The van der Waals surface area contributed by atoms with Crippen molar-refractivity contribution in [2.75, 3.05) is 19.5 Å². The van der Waals surface area contributed by atoms with Crippen molar-refractivity contribution in [3.63, 3.8) is 0 Å². The second kappa shape index (κ2) is 4.16. The number of ether oxygens (including phenoxy) is 1. The van der Waals surface area contributed by atoms with Crippen LogP contribution in [-0.4, -0.2) is 25.5 Å². The van der Waals surface area contributed by atoms with Crippen molar-refractivity contribution in [3.05, 3.63) is 29.8 Å². The molecule has 1 unspecified atom stereocenters. The van der Waals surface area contributed by atoms with E-state index in [-0.39, 0.29) is 11.5 Å². The van der Waals surface area contributed by atoms with Gasteiger partial charge in [-0.05, 0) is 30.9 Å². The maximum absolute atomic E-state index is 6.05. The van der Waals surface area contributed by atoms with Crippen LogP contribution >= 0.6 is 11.8 Å². The van der Waals surface area contributed by atoms with Gasteiger partial charge in [0.1, 0.15) is 0 Å². The predicted molar refractivity (Wildman–Crippen MR) is 64.4 cm³/mol. The summed E-state index contributed by atoms with van der Waals surface area (Å²) in [6.45, 7) is 3.57. The molecule has 2 nitrogen and oxygen atoms in total. The van der Waals surface area contributed by atoms with Gasteiger partial charge in [-0.3, -0.25) is 0 Å². The molecule has 1 fully saturated rings. The van der Waals surface area contributed by atoms with E-state index >= 15 is 0 Å². The molecule has 0 spiro atoms. The molecular weight excluding hydrogens is 206 g/mol. The van der Waals surface area contributed by atoms with Gasteiger partial charge in [0.25, 0.3) is 0 Å². The Morgan fingerprint density at radius 2 is 1.93 bits per heavy atom. The van der Waals surface area contributed by atoms with Gasteiger partial charge in [0.05, 0.1) is 18.6 Å². The molecule has 0 amide bonds. The largest absolute Gasteiger partial charge is 0.379 e. The molecule has 0 aliphatic carbocycles. The van der Waals surface area contributed by atoms with E-state index in [9.17, 15) is 0 Å². The first kappa shape index (κ1) is 11.0. The molecule has 2 rings (SSSR count). The lowest BCUT2D eigenvalue weighted by atomic mass is 9.73. The smallest absolute Gasteiger partial charge is 0.0600 e. The average Bonchev–Trinajstić information content (AvgIpc) is 2.16. The minimum absolute atomic E-state index is 0.0525. The van der Waals surface area contributed by atoms with Crippen LogP contribution in [0.15, 0.2) is 29.2 Å². The van der Waals surface area contributed by atoms with Crippen molar-refractivity contribution in [2.24, 2.45) is 5.73 Å². The third-order valence-electron chi connectivity index (χ3n) is 3.26. The summed E-state index contributed by atoms with van der Waals surface area (Å²) in [7, 11) is 0. The zero-order valence-corrected chi connectivity index (χ0v) is 10.0. The van der Waals surface area contributed by atoms with Crippen LogP contribution in [0.5, 0.6) is 0 Å². The van der Waals surface area contributed by atoms with E-state index in [1.165, 1.54) is 10.5 Å². The topological polar surface area (TPSA) is 35.2 Å². The van der Waals surface area contributed by atoms with Crippen molar-refractivity contribution in [2.45, 2.75) is 23.3 Å². The summed E-state index contributed by atoms with van der Waals surface area (Å²) in [5.74, 6) is 0. The molecule has 2 N–H and O–H groups in total.